The van der Waals surface area contributed by atoms with Crippen LogP contribution in [0.3, 0.4) is 0 Å². The monoisotopic (exact) mass is 276 g/mol. The molecular formula is C14H13ClN2O2. The number of anilines is 1. The van der Waals surface area contributed by atoms with Crippen molar-refractivity contribution < 1.29 is 9.15 Å². The summed E-state index contributed by atoms with van der Waals surface area (Å²) in [6.45, 7) is 3.85. The Kier molecular flexibility index (Phi) is 3.68. The highest BCUT2D eigenvalue weighted by molar-refractivity contribution is 6.32. The van der Waals surface area contributed by atoms with Crippen LogP contribution >= 0.6 is 11.6 Å². The van der Waals surface area contributed by atoms with Gasteiger partial charge in [-0.05, 0) is 31.5 Å². The molecule has 0 bridgehead atoms. The highest BCUT2D eigenvalue weighted by atomic mass is 35.5. The molecule has 1 aromatic carbocycles. The first-order chi connectivity index (χ1) is 9.02. The van der Waals surface area contributed by atoms with Crippen molar-refractivity contribution >= 4 is 17.5 Å². The molecular weight excluding hydrogens is 264 g/mol. The normalized spacial score (nSPS) is 10.5. The molecule has 2 aromatic rings. The van der Waals surface area contributed by atoms with Crippen LogP contribution in [0.5, 0.6) is 5.75 Å². The molecule has 98 valence electrons. The van der Waals surface area contributed by atoms with Gasteiger partial charge in [0.05, 0.1) is 11.1 Å². The Balaban J connectivity index is 2.42. The summed E-state index contributed by atoms with van der Waals surface area (Å²) >= 11 is 6.16. The van der Waals surface area contributed by atoms with E-state index < -0.39 is 0 Å². The molecule has 0 radical (unpaired) electrons. The summed E-state index contributed by atoms with van der Waals surface area (Å²) in [5, 5.41) is 9.53. The standard InChI is InChI=1S/C14H13ClN2O2/c1-8(2)19-13-4-3-9(5-12(13)15)11-7-18-14(17)10(11)6-16/h3-5,7-8H,17H2,1-2H3. The van der Waals surface area contributed by atoms with Crippen LogP contribution in [0.2, 0.25) is 5.02 Å². The van der Waals surface area contributed by atoms with Crippen molar-refractivity contribution in [2.75, 3.05) is 5.73 Å². The second-order valence-electron chi connectivity index (χ2n) is 4.31. The number of hydrogen-bond acceptors (Lipinski definition) is 4. The Labute approximate surface area is 116 Å². The van der Waals surface area contributed by atoms with Crippen LogP contribution in [0, 0.1) is 11.3 Å². The largest absolute Gasteiger partial charge is 0.489 e. The van der Waals surface area contributed by atoms with E-state index in [4.69, 9.17) is 31.8 Å². The first kappa shape index (κ1) is 13.3. The second-order valence-corrected chi connectivity index (χ2v) is 4.72. The maximum Gasteiger partial charge on any atom is 0.208 e. The number of halogens is 1. The quantitative estimate of drug-likeness (QED) is 0.924. The molecule has 0 saturated carbocycles. The SMILES string of the molecule is CC(C)Oc1ccc(-c2coc(N)c2C#N)cc1Cl. The molecule has 2 rings (SSSR count). The molecule has 1 aromatic heterocycles. The third kappa shape index (κ3) is 2.67. The van der Waals surface area contributed by atoms with Gasteiger partial charge in [0.1, 0.15) is 23.6 Å². The van der Waals surface area contributed by atoms with Gasteiger partial charge >= 0.3 is 0 Å². The number of ether oxygens (including phenoxy) is 1. The molecule has 19 heavy (non-hydrogen) atoms. The molecule has 0 spiro atoms. The lowest BCUT2D eigenvalue weighted by atomic mass is 10.0. The molecule has 0 atom stereocenters. The number of nitriles is 1. The summed E-state index contributed by atoms with van der Waals surface area (Å²) in [7, 11) is 0. The minimum atomic E-state index is 0.0441. The van der Waals surface area contributed by atoms with Gasteiger partial charge in [-0.1, -0.05) is 17.7 Å². The summed E-state index contributed by atoms with van der Waals surface area (Å²) in [6, 6.07) is 7.32. The number of furan rings is 1. The van der Waals surface area contributed by atoms with Crippen LogP contribution in [0.4, 0.5) is 5.88 Å². The molecule has 4 nitrogen and oxygen atoms in total. The fourth-order valence-electron chi connectivity index (χ4n) is 1.72. The van der Waals surface area contributed by atoms with Crippen molar-refractivity contribution in [1.29, 1.82) is 5.26 Å². The van der Waals surface area contributed by atoms with Crippen LogP contribution in [-0.2, 0) is 0 Å². The average Bonchev–Trinajstić information content (AvgIpc) is 2.72. The van der Waals surface area contributed by atoms with E-state index in [-0.39, 0.29) is 12.0 Å². The maximum absolute atomic E-state index is 9.04. The zero-order chi connectivity index (χ0) is 14.0. The van der Waals surface area contributed by atoms with E-state index in [2.05, 4.69) is 0 Å². The van der Waals surface area contributed by atoms with Gasteiger partial charge < -0.3 is 14.9 Å². The Morgan fingerprint density at radius 2 is 2.16 bits per heavy atom. The van der Waals surface area contributed by atoms with Gasteiger partial charge in [0.15, 0.2) is 0 Å². The van der Waals surface area contributed by atoms with E-state index in [0.717, 1.165) is 5.56 Å². The van der Waals surface area contributed by atoms with Gasteiger partial charge in [-0.3, -0.25) is 0 Å². The van der Waals surface area contributed by atoms with Gasteiger partial charge in [-0.15, -0.1) is 0 Å². The lowest BCUT2D eigenvalue weighted by molar-refractivity contribution is 0.242. The second kappa shape index (κ2) is 5.25. The number of nitrogens with zero attached hydrogens (tertiary/aromatic N) is 1. The topological polar surface area (TPSA) is 72.2 Å². The first-order valence-corrected chi connectivity index (χ1v) is 6.14. The van der Waals surface area contributed by atoms with Crippen LogP contribution in [0.15, 0.2) is 28.9 Å². The third-order valence-corrected chi connectivity index (χ3v) is 2.83. The zero-order valence-electron chi connectivity index (χ0n) is 10.6. The number of nitrogens with two attached hydrogens (primary N) is 1. The Morgan fingerprint density at radius 3 is 2.74 bits per heavy atom. The fourth-order valence-corrected chi connectivity index (χ4v) is 1.94. The molecule has 0 saturated heterocycles. The Morgan fingerprint density at radius 1 is 1.42 bits per heavy atom. The van der Waals surface area contributed by atoms with Gasteiger partial charge in [0.2, 0.25) is 5.88 Å². The lowest BCUT2D eigenvalue weighted by Gasteiger charge is -2.11. The van der Waals surface area contributed by atoms with E-state index >= 15 is 0 Å². The fraction of sp³-hybridized carbons (Fsp3) is 0.214. The number of benzene rings is 1. The highest BCUT2D eigenvalue weighted by Gasteiger charge is 2.14. The molecule has 0 fully saturated rings. The molecule has 5 heteroatoms. The van der Waals surface area contributed by atoms with E-state index in [1.165, 1.54) is 6.26 Å². The van der Waals surface area contributed by atoms with Crippen LogP contribution in [0.1, 0.15) is 19.4 Å². The third-order valence-electron chi connectivity index (χ3n) is 2.54. The Bertz CT molecular complexity index is 641. The van der Waals surface area contributed by atoms with Crippen molar-refractivity contribution in [3.63, 3.8) is 0 Å². The highest BCUT2D eigenvalue weighted by Crippen LogP contribution is 2.34. The molecule has 0 amide bonds. The van der Waals surface area contributed by atoms with Crippen molar-refractivity contribution in [1.82, 2.24) is 0 Å². The summed E-state index contributed by atoms with van der Waals surface area (Å²) in [5.41, 5.74) is 7.28. The number of hydrogen-bond donors (Lipinski definition) is 1. The summed E-state index contributed by atoms with van der Waals surface area (Å²) in [5.74, 6) is 0.714. The van der Waals surface area contributed by atoms with Crippen LogP contribution in [-0.4, -0.2) is 6.10 Å². The summed E-state index contributed by atoms with van der Waals surface area (Å²) in [4.78, 5) is 0. The van der Waals surface area contributed by atoms with Crippen molar-refractivity contribution in [2.45, 2.75) is 20.0 Å². The minimum absolute atomic E-state index is 0.0441. The molecule has 0 aliphatic carbocycles. The molecule has 0 aliphatic heterocycles. The molecule has 1 heterocycles. The average molecular weight is 277 g/mol. The summed E-state index contributed by atoms with van der Waals surface area (Å²) in [6.07, 6.45) is 1.49. The predicted molar refractivity (Wildman–Crippen MR) is 74.0 cm³/mol. The lowest BCUT2D eigenvalue weighted by Crippen LogP contribution is -2.05. The Hall–Kier alpha value is -2.12. The predicted octanol–water partition coefficient (Wildman–Crippen LogP) is 3.84. The van der Waals surface area contributed by atoms with Gasteiger partial charge in [-0.2, -0.15) is 5.26 Å². The smallest absolute Gasteiger partial charge is 0.208 e. The van der Waals surface area contributed by atoms with Crippen molar-refractivity contribution in [2.24, 2.45) is 0 Å². The van der Waals surface area contributed by atoms with Crippen molar-refractivity contribution in [3.8, 4) is 22.9 Å². The zero-order valence-corrected chi connectivity index (χ0v) is 11.4. The molecule has 0 unspecified atom stereocenters. The van der Waals surface area contributed by atoms with Gasteiger partial charge in [0, 0.05) is 5.56 Å². The van der Waals surface area contributed by atoms with Gasteiger partial charge in [-0.25, -0.2) is 0 Å². The molecule has 0 aliphatic rings. The number of rotatable bonds is 3. The number of nitrogen functional groups attached to an aromatic ring is 1. The summed E-state index contributed by atoms with van der Waals surface area (Å²) < 4.78 is 10.6. The van der Waals surface area contributed by atoms with Crippen LogP contribution < -0.4 is 10.5 Å². The minimum Gasteiger partial charge on any atom is -0.489 e. The van der Waals surface area contributed by atoms with Gasteiger partial charge in [0.25, 0.3) is 0 Å². The maximum atomic E-state index is 9.04. The van der Waals surface area contributed by atoms with E-state index in [1.807, 2.05) is 26.0 Å². The first-order valence-electron chi connectivity index (χ1n) is 5.76. The van der Waals surface area contributed by atoms with Crippen molar-refractivity contribution in [3.05, 3.63) is 35.0 Å². The van der Waals surface area contributed by atoms with E-state index in [0.29, 0.717) is 21.9 Å². The van der Waals surface area contributed by atoms with Crippen LogP contribution in [0.25, 0.3) is 11.1 Å². The van der Waals surface area contributed by atoms with E-state index in [1.54, 1.807) is 12.1 Å². The van der Waals surface area contributed by atoms with E-state index in [9.17, 15) is 0 Å². The molecule has 2 N–H and O–H groups in total.